The van der Waals surface area contributed by atoms with Gasteiger partial charge < -0.3 is 21.3 Å². The van der Waals surface area contributed by atoms with Crippen molar-refractivity contribution in [3.05, 3.63) is 0 Å². The van der Waals surface area contributed by atoms with Gasteiger partial charge in [-0.1, -0.05) is 0 Å². The molecule has 0 aromatic heterocycles. The van der Waals surface area contributed by atoms with Crippen molar-refractivity contribution in [3.63, 3.8) is 0 Å². The van der Waals surface area contributed by atoms with E-state index in [0.29, 0.717) is 12.5 Å². The molecule has 104 valence electrons. The summed E-state index contributed by atoms with van der Waals surface area (Å²) in [5, 5.41) is 20.6. The summed E-state index contributed by atoms with van der Waals surface area (Å²) in [5.74, 6) is -1.18. The molecule has 0 spiro atoms. The van der Waals surface area contributed by atoms with Crippen LogP contribution in [-0.4, -0.2) is 40.8 Å². The molecule has 0 aliphatic heterocycles. The van der Waals surface area contributed by atoms with Crippen LogP contribution >= 0.6 is 0 Å². The van der Waals surface area contributed by atoms with Gasteiger partial charge in [-0.15, -0.1) is 0 Å². The van der Waals surface area contributed by atoms with Crippen LogP contribution in [0.2, 0.25) is 0 Å². The van der Waals surface area contributed by atoms with Crippen LogP contribution in [0.1, 0.15) is 32.6 Å². The number of aliphatic hydroxyl groups is 1. The molecule has 0 aromatic carbocycles. The van der Waals surface area contributed by atoms with E-state index in [1.54, 1.807) is 0 Å². The Morgan fingerprint density at radius 2 is 1.89 bits per heavy atom. The third kappa shape index (κ3) is 3.96. The third-order valence-corrected chi connectivity index (χ3v) is 3.60. The van der Waals surface area contributed by atoms with E-state index in [9.17, 15) is 14.7 Å². The molecule has 18 heavy (non-hydrogen) atoms. The van der Waals surface area contributed by atoms with Gasteiger partial charge in [0.15, 0.2) is 6.04 Å². The van der Waals surface area contributed by atoms with Gasteiger partial charge in [-0.05, 0) is 45.1 Å². The lowest BCUT2D eigenvalue weighted by atomic mass is 9.81. The fraction of sp³-hybridized carbons (Fsp3) is 0.833. The van der Waals surface area contributed by atoms with E-state index >= 15 is 0 Å². The molecular weight excluding hydrogens is 236 g/mol. The van der Waals surface area contributed by atoms with Gasteiger partial charge >= 0.3 is 5.97 Å². The molecule has 1 aliphatic carbocycles. The van der Waals surface area contributed by atoms with Crippen LogP contribution in [0.3, 0.4) is 0 Å². The SMILES string of the molecule is CC(O)C(NC(=O)C1CCC(CN)CC1)C(=O)O. The smallest absolute Gasteiger partial charge is 0.328 e. The summed E-state index contributed by atoms with van der Waals surface area (Å²) in [6, 6.07) is -1.23. The fourth-order valence-corrected chi connectivity index (χ4v) is 2.32. The lowest BCUT2D eigenvalue weighted by Crippen LogP contribution is -2.50. The minimum absolute atomic E-state index is 0.159. The number of aliphatic carboxylic acids is 1. The van der Waals surface area contributed by atoms with Gasteiger partial charge in [0.05, 0.1) is 6.10 Å². The summed E-state index contributed by atoms with van der Waals surface area (Å²) in [5.41, 5.74) is 5.57. The molecule has 2 unspecified atom stereocenters. The summed E-state index contributed by atoms with van der Waals surface area (Å²) in [6.07, 6.45) is 2.17. The maximum absolute atomic E-state index is 11.9. The highest BCUT2D eigenvalue weighted by molar-refractivity contribution is 5.85. The minimum atomic E-state index is -1.23. The number of nitrogens with two attached hydrogens (primary N) is 1. The standard InChI is InChI=1S/C12H22N2O4/c1-7(15)10(12(17)18)14-11(16)9-4-2-8(6-13)3-5-9/h7-10,15H,2-6,13H2,1H3,(H,14,16)(H,17,18). The number of carbonyl (C=O) groups excluding carboxylic acids is 1. The lowest BCUT2D eigenvalue weighted by Gasteiger charge is -2.28. The van der Waals surface area contributed by atoms with Gasteiger partial charge in [0.2, 0.25) is 5.91 Å². The molecule has 6 nitrogen and oxygen atoms in total. The molecule has 0 aromatic rings. The molecule has 2 atom stereocenters. The van der Waals surface area contributed by atoms with E-state index < -0.39 is 18.1 Å². The number of carboxylic acid groups (broad SMARTS) is 1. The molecule has 0 radical (unpaired) electrons. The number of carboxylic acids is 1. The van der Waals surface area contributed by atoms with E-state index in [0.717, 1.165) is 25.7 Å². The van der Waals surface area contributed by atoms with E-state index in [2.05, 4.69) is 5.32 Å². The summed E-state index contributed by atoms with van der Waals surface area (Å²) < 4.78 is 0. The van der Waals surface area contributed by atoms with Crippen LogP contribution in [0, 0.1) is 11.8 Å². The highest BCUT2D eigenvalue weighted by atomic mass is 16.4. The summed E-state index contributed by atoms with van der Waals surface area (Å²) in [6.45, 7) is 1.99. The van der Waals surface area contributed by atoms with Crippen LogP contribution in [0.4, 0.5) is 0 Å². The molecule has 0 saturated heterocycles. The van der Waals surface area contributed by atoms with E-state index in [-0.39, 0.29) is 11.8 Å². The van der Waals surface area contributed by atoms with Gasteiger partial charge in [0.1, 0.15) is 0 Å². The first-order valence-corrected chi connectivity index (χ1v) is 6.37. The number of amides is 1. The van der Waals surface area contributed by atoms with Crippen LogP contribution < -0.4 is 11.1 Å². The predicted molar refractivity (Wildman–Crippen MR) is 65.7 cm³/mol. The summed E-state index contributed by atoms with van der Waals surface area (Å²) in [4.78, 5) is 22.8. The van der Waals surface area contributed by atoms with E-state index in [4.69, 9.17) is 10.8 Å². The van der Waals surface area contributed by atoms with Crippen molar-refractivity contribution >= 4 is 11.9 Å². The van der Waals surface area contributed by atoms with Crippen LogP contribution in [0.5, 0.6) is 0 Å². The Balaban J connectivity index is 2.48. The van der Waals surface area contributed by atoms with Crippen molar-refractivity contribution in [1.82, 2.24) is 5.32 Å². The highest BCUT2D eigenvalue weighted by Gasteiger charge is 2.30. The van der Waals surface area contributed by atoms with Gasteiger partial charge in [-0.25, -0.2) is 4.79 Å². The Hall–Kier alpha value is -1.14. The molecule has 6 heteroatoms. The molecule has 5 N–H and O–H groups in total. The zero-order valence-corrected chi connectivity index (χ0v) is 10.6. The average molecular weight is 258 g/mol. The Labute approximate surface area is 107 Å². The summed E-state index contributed by atoms with van der Waals surface area (Å²) >= 11 is 0. The molecule has 1 amide bonds. The Kier molecular flexibility index (Phi) is 5.55. The largest absolute Gasteiger partial charge is 0.480 e. The minimum Gasteiger partial charge on any atom is -0.480 e. The van der Waals surface area contributed by atoms with Crippen LogP contribution in [-0.2, 0) is 9.59 Å². The lowest BCUT2D eigenvalue weighted by molar-refractivity contribution is -0.145. The van der Waals surface area contributed by atoms with E-state index in [1.807, 2.05) is 0 Å². The predicted octanol–water partition coefficient (Wildman–Crippen LogP) is -0.298. The molecule has 1 fully saturated rings. The fourth-order valence-electron chi connectivity index (χ4n) is 2.32. The van der Waals surface area contributed by atoms with Crippen molar-refractivity contribution in [2.45, 2.75) is 44.8 Å². The maximum Gasteiger partial charge on any atom is 0.328 e. The van der Waals surface area contributed by atoms with Crippen LogP contribution in [0.15, 0.2) is 0 Å². The second-order valence-electron chi connectivity index (χ2n) is 5.02. The van der Waals surface area contributed by atoms with Crippen molar-refractivity contribution in [1.29, 1.82) is 0 Å². The first-order chi connectivity index (χ1) is 8.45. The Morgan fingerprint density at radius 3 is 2.28 bits per heavy atom. The molecule has 0 bridgehead atoms. The van der Waals surface area contributed by atoms with Gasteiger partial charge in [-0.3, -0.25) is 4.79 Å². The van der Waals surface area contributed by atoms with Crippen molar-refractivity contribution in [2.24, 2.45) is 17.6 Å². The number of nitrogens with one attached hydrogen (secondary N) is 1. The molecule has 1 saturated carbocycles. The number of rotatable bonds is 5. The number of hydrogen-bond acceptors (Lipinski definition) is 4. The highest BCUT2D eigenvalue weighted by Crippen LogP contribution is 2.28. The van der Waals surface area contributed by atoms with Crippen molar-refractivity contribution in [3.8, 4) is 0 Å². The molecule has 0 heterocycles. The molecule has 1 aliphatic rings. The topological polar surface area (TPSA) is 113 Å². The van der Waals surface area contributed by atoms with E-state index in [1.165, 1.54) is 6.92 Å². The normalized spacial score (nSPS) is 27.3. The maximum atomic E-state index is 11.9. The average Bonchev–Trinajstić information content (AvgIpc) is 2.35. The Morgan fingerprint density at radius 1 is 1.33 bits per heavy atom. The second kappa shape index (κ2) is 6.70. The van der Waals surface area contributed by atoms with Crippen LogP contribution in [0.25, 0.3) is 0 Å². The quantitative estimate of drug-likeness (QED) is 0.541. The number of carbonyl (C=O) groups is 2. The van der Waals surface area contributed by atoms with Gasteiger partial charge in [0.25, 0.3) is 0 Å². The zero-order valence-electron chi connectivity index (χ0n) is 10.6. The monoisotopic (exact) mass is 258 g/mol. The van der Waals surface area contributed by atoms with Crippen molar-refractivity contribution in [2.75, 3.05) is 6.54 Å². The summed E-state index contributed by atoms with van der Waals surface area (Å²) in [7, 11) is 0. The first kappa shape index (κ1) is 14.9. The van der Waals surface area contributed by atoms with Crippen molar-refractivity contribution < 1.29 is 19.8 Å². The first-order valence-electron chi connectivity index (χ1n) is 6.37. The number of aliphatic hydroxyl groups excluding tert-OH is 1. The Bertz CT molecular complexity index is 298. The zero-order chi connectivity index (χ0) is 13.7. The molecule has 1 rings (SSSR count). The number of hydrogen-bond donors (Lipinski definition) is 4. The van der Waals surface area contributed by atoms with Gasteiger partial charge in [0, 0.05) is 5.92 Å². The molecular formula is C12H22N2O4. The van der Waals surface area contributed by atoms with Gasteiger partial charge in [-0.2, -0.15) is 0 Å². The second-order valence-corrected chi connectivity index (χ2v) is 5.02. The third-order valence-electron chi connectivity index (χ3n) is 3.60.